The molecule has 0 spiro atoms. The molecule has 0 aliphatic carbocycles. The van der Waals surface area contributed by atoms with E-state index in [1.807, 2.05) is 18.2 Å². The van der Waals surface area contributed by atoms with Gasteiger partial charge < -0.3 is 10.1 Å². The maximum absolute atomic E-state index is 12.6. The molecular formula is C22H20N2O4. The molecule has 1 atom stereocenters. The van der Waals surface area contributed by atoms with Crippen LogP contribution in [0.15, 0.2) is 54.6 Å². The summed E-state index contributed by atoms with van der Waals surface area (Å²) in [4.78, 5) is 40.7. The van der Waals surface area contributed by atoms with E-state index in [0.717, 1.165) is 0 Å². The van der Waals surface area contributed by atoms with Crippen LogP contribution in [0.5, 0.6) is 0 Å². The van der Waals surface area contributed by atoms with Crippen LogP contribution in [0.3, 0.4) is 0 Å². The Labute approximate surface area is 162 Å². The van der Waals surface area contributed by atoms with Crippen molar-refractivity contribution in [1.29, 1.82) is 0 Å². The van der Waals surface area contributed by atoms with Crippen LogP contribution in [0.25, 0.3) is 10.9 Å². The SMILES string of the molecule is CC(=O)c1ccc(NC(=O)C(C)OC(=O)c2cc(C)nc3ccccc23)cc1. The van der Waals surface area contributed by atoms with E-state index in [9.17, 15) is 14.4 Å². The van der Waals surface area contributed by atoms with Crippen LogP contribution < -0.4 is 5.32 Å². The molecule has 0 radical (unpaired) electrons. The lowest BCUT2D eigenvalue weighted by Gasteiger charge is -2.15. The first-order valence-electron chi connectivity index (χ1n) is 8.84. The number of rotatable bonds is 5. The second-order valence-electron chi connectivity index (χ2n) is 6.50. The lowest BCUT2D eigenvalue weighted by atomic mass is 10.1. The highest BCUT2D eigenvalue weighted by Crippen LogP contribution is 2.20. The number of nitrogens with zero attached hydrogens (tertiary/aromatic N) is 1. The first-order valence-corrected chi connectivity index (χ1v) is 8.84. The number of para-hydroxylation sites is 1. The zero-order valence-electron chi connectivity index (χ0n) is 15.9. The van der Waals surface area contributed by atoms with E-state index in [2.05, 4.69) is 10.3 Å². The van der Waals surface area contributed by atoms with Crippen LogP contribution in [0.2, 0.25) is 0 Å². The smallest absolute Gasteiger partial charge is 0.339 e. The molecule has 6 nitrogen and oxygen atoms in total. The Kier molecular flexibility index (Phi) is 5.49. The van der Waals surface area contributed by atoms with Crippen molar-refractivity contribution in [1.82, 2.24) is 4.98 Å². The lowest BCUT2D eigenvalue weighted by Crippen LogP contribution is -2.30. The molecule has 142 valence electrons. The van der Waals surface area contributed by atoms with Gasteiger partial charge in [-0.25, -0.2) is 4.79 Å². The fraction of sp³-hybridized carbons (Fsp3) is 0.182. The molecule has 0 saturated heterocycles. The molecule has 3 aromatic rings. The van der Waals surface area contributed by atoms with Gasteiger partial charge in [-0.3, -0.25) is 14.6 Å². The minimum Gasteiger partial charge on any atom is -0.449 e. The number of fused-ring (bicyclic) bond motifs is 1. The van der Waals surface area contributed by atoms with E-state index in [-0.39, 0.29) is 5.78 Å². The third-order valence-electron chi connectivity index (χ3n) is 4.28. The topological polar surface area (TPSA) is 85.4 Å². The molecule has 0 bridgehead atoms. The number of ether oxygens (including phenoxy) is 1. The summed E-state index contributed by atoms with van der Waals surface area (Å²) < 4.78 is 5.36. The molecule has 1 amide bonds. The van der Waals surface area contributed by atoms with E-state index < -0.39 is 18.0 Å². The number of nitrogens with one attached hydrogen (secondary N) is 1. The van der Waals surface area contributed by atoms with Gasteiger partial charge in [-0.05, 0) is 57.2 Å². The number of aromatic nitrogens is 1. The van der Waals surface area contributed by atoms with Gasteiger partial charge in [-0.1, -0.05) is 18.2 Å². The first kappa shape index (κ1) is 19.2. The maximum atomic E-state index is 12.6. The molecule has 1 N–H and O–H groups in total. The molecule has 0 saturated carbocycles. The minimum absolute atomic E-state index is 0.0555. The fourth-order valence-electron chi connectivity index (χ4n) is 2.79. The summed E-state index contributed by atoms with van der Waals surface area (Å²) in [6.07, 6.45) is -0.993. The van der Waals surface area contributed by atoms with Crippen LogP contribution in [0.1, 0.15) is 40.3 Å². The molecular weight excluding hydrogens is 356 g/mol. The van der Waals surface area contributed by atoms with Crippen molar-refractivity contribution in [3.05, 3.63) is 71.4 Å². The van der Waals surface area contributed by atoms with Gasteiger partial charge in [0, 0.05) is 22.3 Å². The van der Waals surface area contributed by atoms with Gasteiger partial charge >= 0.3 is 5.97 Å². The third kappa shape index (κ3) is 4.23. The van der Waals surface area contributed by atoms with Gasteiger partial charge in [0.05, 0.1) is 11.1 Å². The number of ketones is 1. The summed E-state index contributed by atoms with van der Waals surface area (Å²) in [5.74, 6) is -1.10. The van der Waals surface area contributed by atoms with Gasteiger partial charge in [-0.2, -0.15) is 0 Å². The standard InChI is InChI=1S/C22H20N2O4/c1-13-12-19(18-6-4-5-7-20(18)23-13)22(27)28-15(3)21(26)24-17-10-8-16(9-11-17)14(2)25/h4-12,15H,1-3H3,(H,24,26). The minimum atomic E-state index is -0.993. The van der Waals surface area contributed by atoms with Crippen LogP contribution in [-0.4, -0.2) is 28.7 Å². The Morgan fingerprint density at radius 1 is 1.04 bits per heavy atom. The van der Waals surface area contributed by atoms with E-state index in [4.69, 9.17) is 4.74 Å². The zero-order chi connectivity index (χ0) is 20.3. The summed E-state index contributed by atoms with van der Waals surface area (Å²) in [7, 11) is 0. The predicted molar refractivity (Wildman–Crippen MR) is 106 cm³/mol. The number of benzene rings is 2. The summed E-state index contributed by atoms with van der Waals surface area (Å²) in [6, 6.07) is 15.4. The van der Waals surface area contributed by atoms with Crippen molar-refractivity contribution in [2.45, 2.75) is 26.9 Å². The Hall–Kier alpha value is -3.54. The number of carbonyl (C=O) groups excluding carboxylic acids is 3. The number of amides is 1. The highest BCUT2D eigenvalue weighted by atomic mass is 16.5. The van der Waals surface area contributed by atoms with E-state index in [1.165, 1.54) is 13.8 Å². The summed E-state index contributed by atoms with van der Waals surface area (Å²) in [6.45, 7) is 4.77. The van der Waals surface area contributed by atoms with E-state index in [0.29, 0.717) is 33.4 Å². The average Bonchev–Trinajstić information content (AvgIpc) is 2.67. The number of hydrogen-bond acceptors (Lipinski definition) is 5. The highest BCUT2D eigenvalue weighted by Gasteiger charge is 2.21. The van der Waals surface area contributed by atoms with Crippen LogP contribution in [-0.2, 0) is 9.53 Å². The number of Topliss-reactive ketones (excluding diaryl/α,β-unsaturated/α-hetero) is 1. The number of aryl methyl sites for hydroxylation is 1. The zero-order valence-corrected chi connectivity index (χ0v) is 15.9. The number of esters is 1. The summed E-state index contributed by atoms with van der Waals surface area (Å²) in [5.41, 5.74) is 2.82. The molecule has 2 aromatic carbocycles. The average molecular weight is 376 g/mol. The number of carbonyl (C=O) groups is 3. The second kappa shape index (κ2) is 8.00. The molecule has 1 unspecified atom stereocenters. The molecule has 1 heterocycles. The monoisotopic (exact) mass is 376 g/mol. The molecule has 1 aromatic heterocycles. The first-order chi connectivity index (χ1) is 13.3. The van der Waals surface area contributed by atoms with E-state index >= 15 is 0 Å². The van der Waals surface area contributed by atoms with Crippen molar-refractivity contribution in [3.63, 3.8) is 0 Å². The van der Waals surface area contributed by atoms with Crippen molar-refractivity contribution in [2.75, 3.05) is 5.32 Å². The normalized spacial score (nSPS) is 11.7. The largest absolute Gasteiger partial charge is 0.449 e. The van der Waals surface area contributed by atoms with Crippen molar-refractivity contribution in [2.24, 2.45) is 0 Å². The van der Waals surface area contributed by atoms with Crippen molar-refractivity contribution >= 4 is 34.3 Å². The number of anilines is 1. The van der Waals surface area contributed by atoms with Gasteiger partial charge in [0.25, 0.3) is 5.91 Å². The van der Waals surface area contributed by atoms with Gasteiger partial charge in [0.15, 0.2) is 11.9 Å². The Morgan fingerprint density at radius 2 is 1.71 bits per heavy atom. The van der Waals surface area contributed by atoms with Crippen molar-refractivity contribution in [3.8, 4) is 0 Å². The number of pyridine rings is 1. The maximum Gasteiger partial charge on any atom is 0.339 e. The Bertz CT molecular complexity index is 1060. The second-order valence-corrected chi connectivity index (χ2v) is 6.50. The van der Waals surface area contributed by atoms with Gasteiger partial charge in [-0.15, -0.1) is 0 Å². The lowest BCUT2D eigenvalue weighted by molar-refractivity contribution is -0.123. The van der Waals surface area contributed by atoms with Gasteiger partial charge in [0.1, 0.15) is 0 Å². The molecule has 28 heavy (non-hydrogen) atoms. The van der Waals surface area contributed by atoms with E-state index in [1.54, 1.807) is 43.3 Å². The molecule has 0 aliphatic heterocycles. The quantitative estimate of drug-likeness (QED) is 0.539. The summed E-state index contributed by atoms with van der Waals surface area (Å²) in [5, 5.41) is 3.35. The molecule has 6 heteroatoms. The summed E-state index contributed by atoms with van der Waals surface area (Å²) >= 11 is 0. The predicted octanol–water partition coefficient (Wildman–Crippen LogP) is 3.93. The van der Waals surface area contributed by atoms with Crippen LogP contribution in [0, 0.1) is 6.92 Å². The molecule has 0 aliphatic rings. The Morgan fingerprint density at radius 3 is 2.39 bits per heavy atom. The third-order valence-corrected chi connectivity index (χ3v) is 4.28. The van der Waals surface area contributed by atoms with Gasteiger partial charge in [0.2, 0.25) is 0 Å². The molecule has 3 rings (SSSR count). The van der Waals surface area contributed by atoms with Crippen LogP contribution in [0.4, 0.5) is 5.69 Å². The fourth-order valence-corrected chi connectivity index (χ4v) is 2.79. The number of hydrogen-bond donors (Lipinski definition) is 1. The van der Waals surface area contributed by atoms with Crippen molar-refractivity contribution < 1.29 is 19.1 Å². The van der Waals surface area contributed by atoms with Crippen LogP contribution >= 0.6 is 0 Å². The highest BCUT2D eigenvalue weighted by molar-refractivity contribution is 6.05. The molecule has 0 fully saturated rings. The Balaban J connectivity index is 1.72.